The van der Waals surface area contributed by atoms with Crippen LogP contribution in [0.25, 0.3) is 0 Å². The molecule has 5 amide bonds. The Labute approximate surface area is 273 Å². The average Bonchev–Trinajstić information content (AvgIpc) is 3.56. The van der Waals surface area contributed by atoms with E-state index in [4.69, 9.17) is 33.7 Å². The molecule has 45 heavy (non-hydrogen) atoms. The Kier molecular flexibility index (Phi) is 11.5. The lowest BCUT2D eigenvalue weighted by atomic mass is 9.85. The minimum atomic E-state index is -1.21. The van der Waals surface area contributed by atoms with Crippen molar-refractivity contribution in [1.82, 2.24) is 20.9 Å². The average molecular weight is 669 g/mol. The second-order valence-electron chi connectivity index (χ2n) is 13.8. The fourth-order valence-electron chi connectivity index (χ4n) is 5.50. The summed E-state index contributed by atoms with van der Waals surface area (Å²) in [6.45, 7) is 9.97. The molecule has 12 nitrogen and oxygen atoms in total. The van der Waals surface area contributed by atoms with Gasteiger partial charge in [0, 0.05) is 25.3 Å². The summed E-state index contributed by atoms with van der Waals surface area (Å²) in [6.07, 6.45) is 0.899. The molecule has 5 N–H and O–H groups in total. The molecule has 0 aromatic heterocycles. The van der Waals surface area contributed by atoms with E-state index in [1.54, 1.807) is 41.5 Å². The summed E-state index contributed by atoms with van der Waals surface area (Å²) in [6, 6.07) is 3.83. The van der Waals surface area contributed by atoms with Crippen LogP contribution in [0.15, 0.2) is 24.3 Å². The summed E-state index contributed by atoms with van der Waals surface area (Å²) in [5.41, 5.74) is 5.63. The summed E-state index contributed by atoms with van der Waals surface area (Å²) in [7, 11) is 0. The smallest absolute Gasteiger partial charge is 0.329 e. The molecule has 1 saturated heterocycles. The molecule has 1 heterocycles. The molecule has 0 unspecified atom stereocenters. The molecule has 0 radical (unpaired) electrons. The van der Waals surface area contributed by atoms with E-state index in [0.717, 1.165) is 11.1 Å². The number of benzene rings is 1. The second-order valence-corrected chi connectivity index (χ2v) is 15.0. The Bertz CT molecular complexity index is 1300. The summed E-state index contributed by atoms with van der Waals surface area (Å²) < 4.78 is 5.83. The highest BCUT2D eigenvalue weighted by atomic mass is 35.5. The minimum Gasteiger partial charge on any atom is -0.460 e. The van der Waals surface area contributed by atoms with Gasteiger partial charge in [0.15, 0.2) is 0 Å². The van der Waals surface area contributed by atoms with E-state index < -0.39 is 81.8 Å². The molecule has 4 atom stereocenters. The Balaban J connectivity index is 1.75. The zero-order valence-electron chi connectivity index (χ0n) is 26.4. The number of hydrogen-bond acceptors (Lipinski definition) is 7. The Morgan fingerprint density at radius 3 is 1.96 bits per heavy atom. The van der Waals surface area contributed by atoms with E-state index >= 15 is 0 Å². The maximum atomic E-state index is 14.0. The number of nitrogens with zero attached hydrogens (tertiary/aromatic N) is 1. The molecule has 1 aromatic carbocycles. The van der Waals surface area contributed by atoms with E-state index in [-0.39, 0.29) is 19.1 Å². The number of nitrogens with two attached hydrogens (primary N) is 1. The van der Waals surface area contributed by atoms with Gasteiger partial charge >= 0.3 is 12.0 Å². The van der Waals surface area contributed by atoms with Crippen molar-refractivity contribution in [2.45, 2.75) is 89.9 Å². The lowest BCUT2D eigenvalue weighted by Crippen LogP contribution is -2.61. The highest BCUT2D eigenvalue weighted by Gasteiger charge is 2.47. The molecule has 14 heteroatoms. The van der Waals surface area contributed by atoms with Crippen LogP contribution in [-0.2, 0) is 41.6 Å². The van der Waals surface area contributed by atoms with Crippen molar-refractivity contribution < 1.29 is 33.5 Å². The summed E-state index contributed by atoms with van der Waals surface area (Å²) in [5.74, 6) is -4.56. The van der Waals surface area contributed by atoms with E-state index in [0.29, 0.717) is 12.8 Å². The van der Waals surface area contributed by atoms with Crippen molar-refractivity contribution in [3.63, 3.8) is 0 Å². The number of hydrogen-bond donors (Lipinski definition) is 4. The van der Waals surface area contributed by atoms with Crippen LogP contribution in [0.1, 0.15) is 59.1 Å². The summed E-state index contributed by atoms with van der Waals surface area (Å²) in [5, 5.41) is 7.75. The number of carbonyl (C=O) groups is 6. The summed E-state index contributed by atoms with van der Waals surface area (Å²) >= 11 is 12.2. The number of halogens is 2. The third-order valence-corrected chi connectivity index (χ3v) is 8.75. The van der Waals surface area contributed by atoms with Crippen LogP contribution in [0.2, 0.25) is 0 Å². The van der Waals surface area contributed by atoms with Crippen molar-refractivity contribution in [1.29, 1.82) is 0 Å². The number of nitrogens with one attached hydrogen (secondary N) is 3. The molecule has 2 aliphatic rings. The first-order chi connectivity index (χ1) is 20.8. The van der Waals surface area contributed by atoms with Crippen LogP contribution >= 0.6 is 23.2 Å². The normalized spacial score (nSPS) is 19.8. The van der Waals surface area contributed by atoms with Crippen molar-refractivity contribution in [2.24, 2.45) is 22.5 Å². The number of rotatable bonds is 10. The molecule has 1 fully saturated rings. The first kappa shape index (κ1) is 36.1. The van der Waals surface area contributed by atoms with E-state index in [1.807, 2.05) is 24.3 Å². The van der Waals surface area contributed by atoms with Gasteiger partial charge in [-0.05, 0) is 28.4 Å². The Morgan fingerprint density at radius 2 is 1.47 bits per heavy atom. The molecule has 0 bridgehead atoms. The van der Waals surface area contributed by atoms with Gasteiger partial charge in [0.1, 0.15) is 29.1 Å². The number of urea groups is 1. The van der Waals surface area contributed by atoms with Gasteiger partial charge in [-0.3, -0.25) is 19.2 Å². The van der Waals surface area contributed by atoms with Crippen LogP contribution < -0.4 is 21.7 Å². The first-order valence-electron chi connectivity index (χ1n) is 14.8. The number of primary amides is 1. The number of alkyl halides is 2. The van der Waals surface area contributed by atoms with Gasteiger partial charge in [0.2, 0.25) is 17.6 Å². The molecule has 1 aliphatic carbocycles. The SMILES string of the molecule is CC(C)(C)[C@@H](NC(=O)N[C@@H](C(=O)N1C[C@H](C(Cl)Cl)C[C@H]1C(=O)NCC(=O)C(N)=O)C(C)(C)C)C(=O)OC1Cc2ccccc2C1. The monoisotopic (exact) mass is 667 g/mol. The van der Waals surface area contributed by atoms with Crippen LogP contribution in [0, 0.1) is 16.7 Å². The fraction of sp³-hybridized carbons (Fsp3) is 0.613. The maximum Gasteiger partial charge on any atom is 0.329 e. The van der Waals surface area contributed by atoms with Crippen LogP contribution in [0.4, 0.5) is 4.79 Å². The zero-order chi connectivity index (χ0) is 33.9. The predicted molar refractivity (Wildman–Crippen MR) is 168 cm³/mol. The van der Waals surface area contributed by atoms with E-state index in [2.05, 4.69) is 16.0 Å². The van der Waals surface area contributed by atoms with Gasteiger partial charge in [0.25, 0.3) is 5.91 Å². The largest absolute Gasteiger partial charge is 0.460 e. The highest BCUT2D eigenvalue weighted by molar-refractivity contribution is 6.44. The lowest BCUT2D eigenvalue weighted by Gasteiger charge is -2.36. The zero-order valence-corrected chi connectivity index (χ0v) is 28.0. The molecule has 3 rings (SSSR count). The quantitative estimate of drug-likeness (QED) is 0.168. The number of fused-ring (bicyclic) bond motifs is 1. The lowest BCUT2D eigenvalue weighted by molar-refractivity contribution is -0.153. The van der Waals surface area contributed by atoms with Gasteiger partial charge in [-0.1, -0.05) is 65.8 Å². The third kappa shape index (κ3) is 9.32. The van der Waals surface area contributed by atoms with Crippen molar-refractivity contribution >= 4 is 58.7 Å². The van der Waals surface area contributed by atoms with Gasteiger partial charge in [-0.2, -0.15) is 0 Å². The van der Waals surface area contributed by atoms with E-state index in [9.17, 15) is 28.8 Å². The number of carbonyl (C=O) groups excluding carboxylic acids is 6. The molecule has 1 aromatic rings. The standard InChI is InChI=1S/C31H43Cl2N5O7/c1-30(2,3)22(27(42)38-15-18(24(32)33)13-20(38)26(41)35-14-21(39)25(34)40)36-29(44)37-23(31(4,5)6)28(43)45-19-11-16-9-7-8-10-17(16)12-19/h7-10,18-20,22-24H,11-15H2,1-6H3,(H2,34,40)(H,35,41)(H2,36,37,44)/t18-,20+,22+,23+/m1/s1. The van der Waals surface area contributed by atoms with Gasteiger partial charge in [-0.15, -0.1) is 23.2 Å². The fourth-order valence-corrected chi connectivity index (χ4v) is 5.86. The Hall–Kier alpha value is -3.38. The third-order valence-electron chi connectivity index (χ3n) is 8.04. The number of likely N-dealkylation sites (tertiary alicyclic amines) is 1. The number of Topliss-reactive ketones (excluding diaryl/α,β-unsaturated/α-hetero) is 1. The number of esters is 1. The maximum absolute atomic E-state index is 14.0. The van der Waals surface area contributed by atoms with Crippen LogP contribution in [0.3, 0.4) is 0 Å². The number of ketones is 1. The van der Waals surface area contributed by atoms with Crippen LogP contribution in [-0.4, -0.2) is 82.6 Å². The molecule has 1 aliphatic heterocycles. The van der Waals surface area contributed by atoms with Gasteiger partial charge < -0.3 is 31.3 Å². The number of ether oxygens (including phenoxy) is 1. The van der Waals surface area contributed by atoms with Crippen molar-refractivity contribution in [2.75, 3.05) is 13.1 Å². The van der Waals surface area contributed by atoms with Crippen molar-refractivity contribution in [3.8, 4) is 0 Å². The number of amides is 5. The molecule has 248 valence electrons. The molecule has 0 saturated carbocycles. The predicted octanol–water partition coefficient (Wildman–Crippen LogP) is 2.02. The van der Waals surface area contributed by atoms with Gasteiger partial charge in [0.05, 0.1) is 6.54 Å². The first-order valence-corrected chi connectivity index (χ1v) is 15.7. The minimum absolute atomic E-state index is 0.00888. The van der Waals surface area contributed by atoms with Crippen LogP contribution in [0.5, 0.6) is 0 Å². The van der Waals surface area contributed by atoms with Crippen molar-refractivity contribution in [3.05, 3.63) is 35.4 Å². The molecular formula is C31H43Cl2N5O7. The topological polar surface area (TPSA) is 177 Å². The molecular weight excluding hydrogens is 625 g/mol. The van der Waals surface area contributed by atoms with Gasteiger partial charge in [-0.25, -0.2) is 9.59 Å². The second kappa shape index (κ2) is 14.4. The highest BCUT2D eigenvalue weighted by Crippen LogP contribution is 2.33. The summed E-state index contributed by atoms with van der Waals surface area (Å²) in [4.78, 5) is 77.0. The molecule has 0 spiro atoms. The van der Waals surface area contributed by atoms with E-state index in [1.165, 1.54) is 4.90 Å². The Morgan fingerprint density at radius 1 is 0.933 bits per heavy atom.